The second kappa shape index (κ2) is 8.15. The molecule has 1 fully saturated rings. The van der Waals surface area contributed by atoms with Gasteiger partial charge in [-0.1, -0.05) is 32.0 Å². The molecule has 102 valence electrons. The molecule has 0 aromatic heterocycles. The van der Waals surface area contributed by atoms with Gasteiger partial charge in [-0.3, -0.25) is 0 Å². The highest BCUT2D eigenvalue weighted by atomic mass is 16.5. The molecule has 2 rings (SSSR count). The van der Waals surface area contributed by atoms with E-state index in [2.05, 4.69) is 13.8 Å². The highest BCUT2D eigenvalue weighted by Crippen LogP contribution is 2.20. The number of para-hydroxylation sites is 1. The quantitative estimate of drug-likeness (QED) is 0.802. The standard InChI is InChI=1S/C9H12O.C7H14O/c1-8(2)10-9-6-4-3-5-7-9;1-6(2)7-3-4-8-5-7/h3-8H,1-2H3;6-7H,3-5H2,1-2H3. The van der Waals surface area contributed by atoms with Gasteiger partial charge in [0.2, 0.25) is 0 Å². The fourth-order valence-electron chi connectivity index (χ4n) is 1.85. The van der Waals surface area contributed by atoms with Crippen molar-refractivity contribution >= 4 is 0 Å². The van der Waals surface area contributed by atoms with Crippen LogP contribution in [-0.4, -0.2) is 19.3 Å². The van der Waals surface area contributed by atoms with Crippen LogP contribution < -0.4 is 4.74 Å². The van der Waals surface area contributed by atoms with E-state index in [9.17, 15) is 0 Å². The molecule has 0 spiro atoms. The fraction of sp³-hybridized carbons (Fsp3) is 0.625. The molecule has 1 aliphatic rings. The van der Waals surface area contributed by atoms with Crippen molar-refractivity contribution in [3.8, 4) is 5.75 Å². The summed E-state index contributed by atoms with van der Waals surface area (Å²) in [5.41, 5.74) is 0. The van der Waals surface area contributed by atoms with E-state index in [1.807, 2.05) is 44.2 Å². The summed E-state index contributed by atoms with van der Waals surface area (Å²) in [7, 11) is 0. The van der Waals surface area contributed by atoms with E-state index in [4.69, 9.17) is 9.47 Å². The van der Waals surface area contributed by atoms with Gasteiger partial charge in [0, 0.05) is 13.2 Å². The molecule has 1 saturated heterocycles. The summed E-state index contributed by atoms with van der Waals surface area (Å²) in [6.07, 6.45) is 1.54. The third-order valence-electron chi connectivity index (χ3n) is 3.02. The third kappa shape index (κ3) is 6.06. The topological polar surface area (TPSA) is 18.5 Å². The Balaban J connectivity index is 0.000000184. The molecule has 1 aromatic rings. The molecule has 2 heteroatoms. The van der Waals surface area contributed by atoms with Crippen LogP contribution in [0.15, 0.2) is 30.3 Å². The molecule has 1 aromatic carbocycles. The van der Waals surface area contributed by atoms with E-state index >= 15 is 0 Å². The Kier molecular flexibility index (Phi) is 6.81. The fourth-order valence-corrected chi connectivity index (χ4v) is 1.85. The summed E-state index contributed by atoms with van der Waals surface area (Å²) in [5.74, 6) is 2.60. The van der Waals surface area contributed by atoms with E-state index in [0.717, 1.165) is 30.8 Å². The average molecular weight is 250 g/mol. The number of benzene rings is 1. The van der Waals surface area contributed by atoms with Gasteiger partial charge in [-0.05, 0) is 44.2 Å². The molecule has 1 heterocycles. The molecule has 18 heavy (non-hydrogen) atoms. The predicted octanol–water partition coefficient (Wildman–Crippen LogP) is 4.15. The Morgan fingerprint density at radius 3 is 2.17 bits per heavy atom. The molecule has 0 amide bonds. The van der Waals surface area contributed by atoms with Crippen molar-refractivity contribution in [2.45, 2.75) is 40.2 Å². The number of ether oxygens (including phenoxy) is 2. The zero-order valence-electron chi connectivity index (χ0n) is 12.1. The van der Waals surface area contributed by atoms with Crippen LogP contribution in [0.25, 0.3) is 0 Å². The van der Waals surface area contributed by atoms with Crippen molar-refractivity contribution in [2.24, 2.45) is 11.8 Å². The zero-order valence-corrected chi connectivity index (χ0v) is 12.1. The molecule has 1 aliphatic heterocycles. The van der Waals surface area contributed by atoms with Crippen LogP contribution in [0.1, 0.15) is 34.1 Å². The van der Waals surface area contributed by atoms with Crippen molar-refractivity contribution in [2.75, 3.05) is 13.2 Å². The van der Waals surface area contributed by atoms with Gasteiger partial charge >= 0.3 is 0 Å². The van der Waals surface area contributed by atoms with Gasteiger partial charge in [0.05, 0.1) is 6.10 Å². The molecule has 2 nitrogen and oxygen atoms in total. The molecule has 1 unspecified atom stereocenters. The number of rotatable bonds is 3. The number of hydrogen-bond acceptors (Lipinski definition) is 2. The van der Waals surface area contributed by atoms with Crippen molar-refractivity contribution in [1.82, 2.24) is 0 Å². The predicted molar refractivity (Wildman–Crippen MR) is 76.0 cm³/mol. The van der Waals surface area contributed by atoms with Crippen LogP contribution in [0, 0.1) is 11.8 Å². The first-order valence-corrected chi connectivity index (χ1v) is 6.89. The van der Waals surface area contributed by atoms with Crippen LogP contribution in [0.3, 0.4) is 0 Å². The van der Waals surface area contributed by atoms with Crippen LogP contribution in [0.4, 0.5) is 0 Å². The molecule has 0 radical (unpaired) electrons. The molecular formula is C16H26O2. The molecule has 0 bridgehead atoms. The van der Waals surface area contributed by atoms with Gasteiger partial charge in [0.25, 0.3) is 0 Å². The van der Waals surface area contributed by atoms with Crippen LogP contribution in [0.5, 0.6) is 5.75 Å². The maximum atomic E-state index is 5.41. The largest absolute Gasteiger partial charge is 0.491 e. The Morgan fingerprint density at radius 2 is 1.78 bits per heavy atom. The first-order valence-electron chi connectivity index (χ1n) is 6.89. The lowest BCUT2D eigenvalue weighted by Gasteiger charge is -2.09. The SMILES string of the molecule is CC(C)C1CCOC1.CC(C)Oc1ccccc1. The minimum Gasteiger partial charge on any atom is -0.491 e. The first kappa shape index (κ1) is 15.0. The molecule has 0 N–H and O–H groups in total. The van der Waals surface area contributed by atoms with E-state index in [1.54, 1.807) is 0 Å². The van der Waals surface area contributed by atoms with Crippen molar-refractivity contribution in [1.29, 1.82) is 0 Å². The van der Waals surface area contributed by atoms with E-state index < -0.39 is 0 Å². The summed E-state index contributed by atoms with van der Waals surface area (Å²) in [5, 5.41) is 0. The molecular weight excluding hydrogens is 224 g/mol. The summed E-state index contributed by atoms with van der Waals surface area (Å²) >= 11 is 0. The van der Waals surface area contributed by atoms with Crippen LogP contribution in [0.2, 0.25) is 0 Å². The van der Waals surface area contributed by atoms with Crippen molar-refractivity contribution < 1.29 is 9.47 Å². The van der Waals surface area contributed by atoms with Gasteiger partial charge in [-0.25, -0.2) is 0 Å². The molecule has 0 aliphatic carbocycles. The lowest BCUT2D eigenvalue weighted by Crippen LogP contribution is -2.06. The van der Waals surface area contributed by atoms with Gasteiger partial charge in [-0.15, -0.1) is 0 Å². The minimum absolute atomic E-state index is 0.266. The lowest BCUT2D eigenvalue weighted by atomic mass is 9.96. The number of hydrogen-bond donors (Lipinski definition) is 0. The van der Waals surface area contributed by atoms with Crippen LogP contribution >= 0.6 is 0 Å². The van der Waals surface area contributed by atoms with Crippen molar-refractivity contribution in [3.63, 3.8) is 0 Å². The summed E-state index contributed by atoms with van der Waals surface area (Å²) in [4.78, 5) is 0. The second-order valence-electron chi connectivity index (χ2n) is 5.35. The smallest absolute Gasteiger partial charge is 0.119 e. The normalized spacial score (nSPS) is 18.7. The van der Waals surface area contributed by atoms with Gasteiger partial charge in [-0.2, -0.15) is 0 Å². The third-order valence-corrected chi connectivity index (χ3v) is 3.02. The monoisotopic (exact) mass is 250 g/mol. The highest BCUT2D eigenvalue weighted by molar-refractivity contribution is 5.20. The Labute approximate surface area is 111 Å². The maximum Gasteiger partial charge on any atom is 0.119 e. The van der Waals surface area contributed by atoms with Crippen LogP contribution in [-0.2, 0) is 4.74 Å². The maximum absolute atomic E-state index is 5.41. The van der Waals surface area contributed by atoms with E-state index in [-0.39, 0.29) is 6.10 Å². The first-order chi connectivity index (χ1) is 8.59. The minimum atomic E-state index is 0.266. The average Bonchev–Trinajstić information content (AvgIpc) is 2.84. The Morgan fingerprint density at radius 1 is 1.11 bits per heavy atom. The Hall–Kier alpha value is -1.02. The highest BCUT2D eigenvalue weighted by Gasteiger charge is 2.18. The lowest BCUT2D eigenvalue weighted by molar-refractivity contribution is 0.177. The summed E-state index contributed by atoms with van der Waals surface area (Å²) in [6, 6.07) is 9.84. The second-order valence-corrected chi connectivity index (χ2v) is 5.35. The van der Waals surface area contributed by atoms with Gasteiger partial charge < -0.3 is 9.47 Å². The van der Waals surface area contributed by atoms with E-state index in [0.29, 0.717) is 0 Å². The van der Waals surface area contributed by atoms with Gasteiger partial charge in [0.1, 0.15) is 5.75 Å². The zero-order chi connectivity index (χ0) is 13.4. The summed E-state index contributed by atoms with van der Waals surface area (Å²) < 4.78 is 10.6. The molecule has 0 saturated carbocycles. The molecule has 1 atom stereocenters. The van der Waals surface area contributed by atoms with E-state index in [1.165, 1.54) is 6.42 Å². The van der Waals surface area contributed by atoms with Gasteiger partial charge in [0.15, 0.2) is 0 Å². The van der Waals surface area contributed by atoms with Crippen molar-refractivity contribution in [3.05, 3.63) is 30.3 Å². The summed E-state index contributed by atoms with van der Waals surface area (Å²) in [6.45, 7) is 10.6. The Bertz CT molecular complexity index is 300.